The molecule has 0 aliphatic carbocycles. The third-order valence-electron chi connectivity index (χ3n) is 2.93. The zero-order valence-corrected chi connectivity index (χ0v) is 9.95. The van der Waals surface area contributed by atoms with E-state index in [4.69, 9.17) is 5.73 Å². The number of carbonyl (C=O) groups is 2. The molecule has 1 heterocycles. The topological polar surface area (TPSA) is 84.2 Å². The fraction of sp³-hybridized carbons (Fsp3) is 0.818. The molecule has 1 fully saturated rings. The van der Waals surface area contributed by atoms with Crippen molar-refractivity contribution in [3.8, 4) is 0 Å². The fourth-order valence-electron chi connectivity index (χ4n) is 1.95. The van der Waals surface area contributed by atoms with Gasteiger partial charge in [0.2, 0.25) is 11.8 Å². The summed E-state index contributed by atoms with van der Waals surface area (Å²) in [6.45, 7) is 5.59. The van der Waals surface area contributed by atoms with Gasteiger partial charge in [-0.25, -0.2) is 0 Å². The van der Waals surface area contributed by atoms with Crippen molar-refractivity contribution >= 4 is 11.8 Å². The smallest absolute Gasteiger partial charge is 0.240 e. The Labute approximate surface area is 96.1 Å². The minimum atomic E-state index is -0.554. The SMILES string of the molecule is CC(C)C(NC(=O)CC1CCNC1)C(N)=O. The highest BCUT2D eigenvalue weighted by Crippen LogP contribution is 2.12. The van der Waals surface area contributed by atoms with Gasteiger partial charge in [0, 0.05) is 6.42 Å². The second kappa shape index (κ2) is 5.84. The van der Waals surface area contributed by atoms with Crippen LogP contribution in [0, 0.1) is 11.8 Å². The van der Waals surface area contributed by atoms with Gasteiger partial charge in [-0.05, 0) is 31.3 Å². The van der Waals surface area contributed by atoms with E-state index in [1.807, 2.05) is 13.8 Å². The van der Waals surface area contributed by atoms with Crippen molar-refractivity contribution in [1.82, 2.24) is 10.6 Å². The first-order valence-corrected chi connectivity index (χ1v) is 5.80. The molecule has 2 unspecified atom stereocenters. The van der Waals surface area contributed by atoms with Crippen LogP contribution in [0.4, 0.5) is 0 Å². The van der Waals surface area contributed by atoms with Gasteiger partial charge in [0.1, 0.15) is 6.04 Å². The highest BCUT2D eigenvalue weighted by atomic mass is 16.2. The second-order valence-corrected chi connectivity index (χ2v) is 4.75. The number of nitrogens with two attached hydrogens (primary N) is 1. The lowest BCUT2D eigenvalue weighted by Gasteiger charge is -2.19. The van der Waals surface area contributed by atoms with E-state index in [1.165, 1.54) is 0 Å². The van der Waals surface area contributed by atoms with Crippen LogP contribution in [-0.2, 0) is 9.59 Å². The fourth-order valence-corrected chi connectivity index (χ4v) is 1.95. The molecule has 0 spiro atoms. The Bertz CT molecular complexity index is 260. The van der Waals surface area contributed by atoms with Crippen molar-refractivity contribution < 1.29 is 9.59 Å². The standard InChI is InChI=1S/C11H21N3O2/c1-7(2)10(11(12)16)14-9(15)5-8-3-4-13-6-8/h7-8,10,13H,3-6H2,1-2H3,(H2,12,16)(H,14,15). The number of hydrogen-bond acceptors (Lipinski definition) is 3. The number of amides is 2. The monoisotopic (exact) mass is 227 g/mol. The predicted molar refractivity (Wildman–Crippen MR) is 61.6 cm³/mol. The maximum absolute atomic E-state index is 11.7. The lowest BCUT2D eigenvalue weighted by atomic mass is 10.0. The van der Waals surface area contributed by atoms with Crippen LogP contribution in [0.5, 0.6) is 0 Å². The van der Waals surface area contributed by atoms with Gasteiger partial charge < -0.3 is 16.4 Å². The van der Waals surface area contributed by atoms with Crippen LogP contribution in [-0.4, -0.2) is 30.9 Å². The first kappa shape index (κ1) is 13.0. The molecule has 5 nitrogen and oxygen atoms in total. The van der Waals surface area contributed by atoms with E-state index < -0.39 is 11.9 Å². The van der Waals surface area contributed by atoms with Gasteiger partial charge in [0.05, 0.1) is 0 Å². The summed E-state index contributed by atoms with van der Waals surface area (Å²) in [5.74, 6) is -0.122. The number of primary amides is 1. The summed E-state index contributed by atoms with van der Waals surface area (Å²) in [5, 5.41) is 5.91. The van der Waals surface area contributed by atoms with Gasteiger partial charge in [-0.1, -0.05) is 13.8 Å². The summed E-state index contributed by atoms with van der Waals surface area (Å²) in [5.41, 5.74) is 5.23. The maximum Gasteiger partial charge on any atom is 0.240 e. The molecule has 1 aliphatic rings. The minimum absolute atomic E-state index is 0.0307. The minimum Gasteiger partial charge on any atom is -0.368 e. The number of carbonyl (C=O) groups excluding carboxylic acids is 2. The third kappa shape index (κ3) is 3.81. The zero-order valence-electron chi connectivity index (χ0n) is 9.95. The van der Waals surface area contributed by atoms with E-state index in [2.05, 4.69) is 10.6 Å². The van der Waals surface area contributed by atoms with E-state index in [9.17, 15) is 9.59 Å². The summed E-state index contributed by atoms with van der Waals surface area (Å²) in [4.78, 5) is 22.8. The van der Waals surface area contributed by atoms with Crippen LogP contribution in [0.25, 0.3) is 0 Å². The van der Waals surface area contributed by atoms with Crippen LogP contribution < -0.4 is 16.4 Å². The van der Waals surface area contributed by atoms with Gasteiger partial charge in [-0.2, -0.15) is 0 Å². The van der Waals surface area contributed by atoms with Crippen LogP contribution in [0.15, 0.2) is 0 Å². The van der Waals surface area contributed by atoms with E-state index in [0.717, 1.165) is 19.5 Å². The Morgan fingerprint density at radius 2 is 2.19 bits per heavy atom. The summed E-state index contributed by atoms with van der Waals surface area (Å²) in [7, 11) is 0. The summed E-state index contributed by atoms with van der Waals surface area (Å²) in [6, 6.07) is -0.554. The molecule has 1 saturated heterocycles. The second-order valence-electron chi connectivity index (χ2n) is 4.75. The molecule has 92 valence electrons. The lowest BCUT2D eigenvalue weighted by molar-refractivity contribution is -0.128. The highest BCUT2D eigenvalue weighted by Gasteiger charge is 2.24. The molecular formula is C11H21N3O2. The Morgan fingerprint density at radius 1 is 1.50 bits per heavy atom. The van der Waals surface area contributed by atoms with Crippen molar-refractivity contribution in [3.63, 3.8) is 0 Å². The Morgan fingerprint density at radius 3 is 2.62 bits per heavy atom. The molecule has 0 bridgehead atoms. The number of nitrogens with one attached hydrogen (secondary N) is 2. The molecule has 2 atom stereocenters. The van der Waals surface area contributed by atoms with E-state index >= 15 is 0 Å². The molecule has 1 aliphatic heterocycles. The first-order valence-electron chi connectivity index (χ1n) is 5.80. The number of rotatable bonds is 5. The molecule has 0 aromatic heterocycles. The van der Waals surface area contributed by atoms with Crippen LogP contribution >= 0.6 is 0 Å². The maximum atomic E-state index is 11.7. The Balaban J connectivity index is 2.38. The average molecular weight is 227 g/mol. The van der Waals surface area contributed by atoms with Crippen LogP contribution in [0.3, 0.4) is 0 Å². The quantitative estimate of drug-likeness (QED) is 0.598. The Hall–Kier alpha value is -1.10. The highest BCUT2D eigenvalue weighted by molar-refractivity contribution is 5.86. The van der Waals surface area contributed by atoms with Crippen molar-refractivity contribution in [2.75, 3.05) is 13.1 Å². The molecular weight excluding hydrogens is 206 g/mol. The van der Waals surface area contributed by atoms with E-state index in [0.29, 0.717) is 12.3 Å². The molecule has 0 aromatic carbocycles. The van der Waals surface area contributed by atoms with Crippen molar-refractivity contribution in [2.24, 2.45) is 17.6 Å². The van der Waals surface area contributed by atoms with Gasteiger partial charge in [-0.3, -0.25) is 9.59 Å². The zero-order chi connectivity index (χ0) is 12.1. The third-order valence-corrected chi connectivity index (χ3v) is 2.93. The van der Waals surface area contributed by atoms with Crippen LogP contribution in [0.2, 0.25) is 0 Å². The van der Waals surface area contributed by atoms with Gasteiger partial charge in [0.15, 0.2) is 0 Å². The van der Waals surface area contributed by atoms with Crippen LogP contribution in [0.1, 0.15) is 26.7 Å². The largest absolute Gasteiger partial charge is 0.368 e. The predicted octanol–water partition coefficient (Wildman–Crippen LogP) is -0.388. The number of hydrogen-bond donors (Lipinski definition) is 3. The molecule has 16 heavy (non-hydrogen) atoms. The van der Waals surface area contributed by atoms with Gasteiger partial charge in [-0.15, -0.1) is 0 Å². The van der Waals surface area contributed by atoms with Crippen molar-refractivity contribution in [3.05, 3.63) is 0 Å². The van der Waals surface area contributed by atoms with Gasteiger partial charge in [0.25, 0.3) is 0 Å². The summed E-state index contributed by atoms with van der Waals surface area (Å²) < 4.78 is 0. The molecule has 0 saturated carbocycles. The molecule has 5 heteroatoms. The van der Waals surface area contributed by atoms with Crippen molar-refractivity contribution in [2.45, 2.75) is 32.7 Å². The molecule has 2 amide bonds. The summed E-state index contributed by atoms with van der Waals surface area (Å²) >= 11 is 0. The molecule has 1 rings (SSSR count). The Kier molecular flexibility index (Phi) is 4.73. The van der Waals surface area contributed by atoms with E-state index in [-0.39, 0.29) is 11.8 Å². The molecule has 0 radical (unpaired) electrons. The molecule has 0 aromatic rings. The summed E-state index contributed by atoms with van der Waals surface area (Å²) in [6.07, 6.45) is 1.50. The van der Waals surface area contributed by atoms with Crippen molar-refractivity contribution in [1.29, 1.82) is 0 Å². The average Bonchev–Trinajstić information content (AvgIpc) is 2.65. The normalized spacial score (nSPS) is 22.1. The van der Waals surface area contributed by atoms with E-state index in [1.54, 1.807) is 0 Å². The molecule has 4 N–H and O–H groups in total. The van der Waals surface area contributed by atoms with Gasteiger partial charge >= 0.3 is 0 Å². The first-order chi connectivity index (χ1) is 7.50. The lowest BCUT2D eigenvalue weighted by Crippen LogP contribution is -2.48.